The lowest BCUT2D eigenvalue weighted by molar-refractivity contribution is 0.0956. The van der Waals surface area contributed by atoms with Gasteiger partial charge in [-0.1, -0.05) is 15.9 Å². The molecule has 1 heterocycles. The number of anilines is 2. The van der Waals surface area contributed by atoms with Crippen molar-refractivity contribution in [3.63, 3.8) is 0 Å². The second-order valence-corrected chi connectivity index (χ2v) is 5.24. The molecule has 3 N–H and O–H groups in total. The fourth-order valence-corrected chi connectivity index (χ4v) is 2.12. The van der Waals surface area contributed by atoms with E-state index in [1.54, 1.807) is 13.0 Å². The van der Waals surface area contributed by atoms with Crippen LogP contribution in [0.4, 0.5) is 20.2 Å². The van der Waals surface area contributed by atoms with Gasteiger partial charge in [-0.15, -0.1) is 0 Å². The Bertz CT molecular complexity index is 777. The molecule has 0 saturated heterocycles. The first-order valence-electron chi connectivity index (χ1n) is 6.35. The second kappa shape index (κ2) is 6.69. The van der Waals surface area contributed by atoms with Crippen LogP contribution < -0.4 is 16.2 Å². The number of rotatable bonds is 4. The predicted octanol–water partition coefficient (Wildman–Crippen LogP) is 2.91. The summed E-state index contributed by atoms with van der Waals surface area (Å²) < 4.78 is 28.4. The van der Waals surface area contributed by atoms with Gasteiger partial charge >= 0.3 is 0 Å². The van der Waals surface area contributed by atoms with E-state index in [0.29, 0.717) is 11.0 Å². The Morgan fingerprint density at radius 1 is 1.36 bits per heavy atom. The molecule has 8 heteroatoms. The van der Waals surface area contributed by atoms with Gasteiger partial charge in [-0.3, -0.25) is 9.59 Å². The molecule has 0 radical (unpaired) electrons. The predicted molar refractivity (Wildman–Crippen MR) is 82.4 cm³/mol. The third kappa shape index (κ3) is 3.33. The highest BCUT2D eigenvalue weighted by molar-refractivity contribution is 9.10. The van der Waals surface area contributed by atoms with Crippen LogP contribution in [0, 0.1) is 11.6 Å². The summed E-state index contributed by atoms with van der Waals surface area (Å²) in [7, 11) is 0. The molecule has 0 aliphatic rings. The minimum Gasteiger partial charge on any atom is -0.352 e. The monoisotopic (exact) mass is 371 g/mol. The van der Waals surface area contributed by atoms with Crippen LogP contribution in [0.15, 0.2) is 33.7 Å². The van der Waals surface area contributed by atoms with Gasteiger partial charge in [0, 0.05) is 17.2 Å². The number of aromatic nitrogens is 1. The smallest absolute Gasteiger partial charge is 0.286 e. The van der Waals surface area contributed by atoms with E-state index in [0.717, 1.165) is 6.20 Å². The molecular weight excluding hydrogens is 360 g/mol. The molecular formula is C14H12BrF2N3O2. The van der Waals surface area contributed by atoms with Gasteiger partial charge in [0.15, 0.2) is 0 Å². The molecule has 2 aromatic rings. The first-order valence-corrected chi connectivity index (χ1v) is 7.14. The number of nitrogens with one attached hydrogen (secondary N) is 3. The molecule has 5 nitrogen and oxygen atoms in total. The fraction of sp³-hybridized carbons (Fsp3) is 0.143. The number of H-pyrrole nitrogens is 1. The van der Waals surface area contributed by atoms with E-state index in [4.69, 9.17) is 0 Å². The number of hydrogen-bond acceptors (Lipinski definition) is 3. The lowest BCUT2D eigenvalue weighted by atomic mass is 10.2. The number of aromatic amines is 1. The van der Waals surface area contributed by atoms with Gasteiger partial charge < -0.3 is 15.6 Å². The van der Waals surface area contributed by atoms with Crippen molar-refractivity contribution in [3.05, 3.63) is 56.4 Å². The van der Waals surface area contributed by atoms with E-state index in [-0.39, 0.29) is 16.9 Å². The van der Waals surface area contributed by atoms with Crippen LogP contribution in [0.3, 0.4) is 0 Å². The zero-order chi connectivity index (χ0) is 16.3. The van der Waals surface area contributed by atoms with Crippen molar-refractivity contribution in [1.29, 1.82) is 0 Å². The largest absolute Gasteiger partial charge is 0.352 e. The molecule has 2 rings (SSSR count). The number of carbonyl (C=O) groups excluding carboxylic acids is 1. The van der Waals surface area contributed by atoms with Crippen molar-refractivity contribution in [2.24, 2.45) is 0 Å². The first kappa shape index (κ1) is 16.2. The molecule has 1 aromatic heterocycles. The summed E-state index contributed by atoms with van der Waals surface area (Å²) in [4.78, 5) is 25.4. The molecule has 1 amide bonds. The quantitative estimate of drug-likeness (QED) is 0.773. The maximum absolute atomic E-state index is 14.0. The third-order valence-electron chi connectivity index (χ3n) is 2.81. The summed E-state index contributed by atoms with van der Waals surface area (Å²) in [5.41, 5.74) is -1.57. The van der Waals surface area contributed by atoms with Gasteiger partial charge in [-0.05, 0) is 25.1 Å². The molecule has 22 heavy (non-hydrogen) atoms. The maximum atomic E-state index is 14.0. The van der Waals surface area contributed by atoms with Crippen molar-refractivity contribution in [3.8, 4) is 0 Å². The van der Waals surface area contributed by atoms with E-state index >= 15 is 0 Å². The molecule has 116 valence electrons. The maximum Gasteiger partial charge on any atom is 0.286 e. The molecule has 0 aliphatic heterocycles. The third-order valence-corrected chi connectivity index (χ3v) is 3.30. The van der Waals surface area contributed by atoms with Crippen LogP contribution >= 0.6 is 15.9 Å². The summed E-state index contributed by atoms with van der Waals surface area (Å²) in [5, 5.41) is 4.95. The average Bonchev–Trinajstić information content (AvgIpc) is 2.46. The Morgan fingerprint density at radius 2 is 2.09 bits per heavy atom. The van der Waals surface area contributed by atoms with Crippen molar-refractivity contribution in [1.82, 2.24) is 10.3 Å². The second-order valence-electron chi connectivity index (χ2n) is 4.33. The summed E-state index contributed by atoms with van der Waals surface area (Å²) in [6.07, 6.45) is 1.08. The van der Waals surface area contributed by atoms with Crippen LogP contribution in [0.1, 0.15) is 17.3 Å². The van der Waals surface area contributed by atoms with Crippen LogP contribution in [0.2, 0.25) is 0 Å². The molecule has 1 aromatic carbocycles. The summed E-state index contributed by atoms with van der Waals surface area (Å²) in [5.74, 6) is -2.43. The number of halogens is 3. The Labute approximate surface area is 132 Å². The topological polar surface area (TPSA) is 74.0 Å². The van der Waals surface area contributed by atoms with Crippen LogP contribution in [0.25, 0.3) is 0 Å². The molecule has 0 aliphatic carbocycles. The van der Waals surface area contributed by atoms with E-state index in [9.17, 15) is 18.4 Å². The van der Waals surface area contributed by atoms with E-state index in [1.165, 1.54) is 12.1 Å². The van der Waals surface area contributed by atoms with E-state index in [1.807, 2.05) is 0 Å². The lowest BCUT2D eigenvalue weighted by Gasteiger charge is -2.13. The molecule has 0 unspecified atom stereocenters. The van der Waals surface area contributed by atoms with Gasteiger partial charge in [-0.25, -0.2) is 4.39 Å². The fourth-order valence-electron chi connectivity index (χ4n) is 1.79. The Kier molecular flexibility index (Phi) is 4.92. The summed E-state index contributed by atoms with van der Waals surface area (Å²) in [6.45, 7) is 2.02. The molecule has 0 bridgehead atoms. The highest BCUT2D eigenvalue weighted by Gasteiger charge is 2.19. The van der Waals surface area contributed by atoms with Gasteiger partial charge in [0.1, 0.15) is 5.82 Å². The zero-order valence-corrected chi connectivity index (χ0v) is 13.1. The number of carbonyl (C=O) groups is 1. The number of amides is 1. The Balaban J connectivity index is 2.50. The highest BCUT2D eigenvalue weighted by Crippen LogP contribution is 2.26. The van der Waals surface area contributed by atoms with Crippen LogP contribution in [-0.4, -0.2) is 17.4 Å². The lowest BCUT2D eigenvalue weighted by Crippen LogP contribution is -2.26. The van der Waals surface area contributed by atoms with Crippen molar-refractivity contribution in [2.45, 2.75) is 6.92 Å². The van der Waals surface area contributed by atoms with Gasteiger partial charge in [0.25, 0.3) is 11.5 Å². The molecule has 0 saturated carbocycles. The summed E-state index contributed by atoms with van der Waals surface area (Å²) >= 11 is 3.11. The Hall–Kier alpha value is -2.22. The zero-order valence-electron chi connectivity index (χ0n) is 11.5. The van der Waals surface area contributed by atoms with Crippen LogP contribution in [-0.2, 0) is 0 Å². The standard InChI is InChI=1S/C14H12BrF2N3O2/c1-2-18-13(21)8-6-19-14(22)11(17)12(8)20-10-4-3-7(15)5-9(10)16/h3-6H,2H2,1H3,(H,18,21)(H2,19,20,22). The number of benzene rings is 1. The molecule has 0 spiro atoms. The van der Waals surface area contributed by atoms with Crippen molar-refractivity contribution >= 4 is 33.2 Å². The summed E-state index contributed by atoms with van der Waals surface area (Å²) in [6, 6.07) is 4.09. The van der Waals surface area contributed by atoms with Gasteiger partial charge in [0.05, 0.1) is 16.9 Å². The van der Waals surface area contributed by atoms with Gasteiger partial charge in [-0.2, -0.15) is 4.39 Å². The van der Waals surface area contributed by atoms with Crippen LogP contribution in [0.5, 0.6) is 0 Å². The SMILES string of the molecule is CCNC(=O)c1c[nH]c(=O)c(F)c1Nc1ccc(Br)cc1F. The van der Waals surface area contributed by atoms with E-state index < -0.39 is 23.1 Å². The Morgan fingerprint density at radius 3 is 2.73 bits per heavy atom. The minimum absolute atomic E-state index is 0.0572. The van der Waals surface area contributed by atoms with Gasteiger partial charge in [0.2, 0.25) is 5.82 Å². The minimum atomic E-state index is -1.19. The van der Waals surface area contributed by atoms with Crippen molar-refractivity contribution < 1.29 is 13.6 Å². The first-order chi connectivity index (χ1) is 10.4. The molecule has 0 atom stereocenters. The normalized spacial score (nSPS) is 10.4. The highest BCUT2D eigenvalue weighted by atomic mass is 79.9. The molecule has 0 fully saturated rings. The average molecular weight is 372 g/mol. The van der Waals surface area contributed by atoms with E-state index in [2.05, 4.69) is 31.5 Å². The number of hydrogen-bond donors (Lipinski definition) is 3. The van der Waals surface area contributed by atoms with Crippen molar-refractivity contribution in [2.75, 3.05) is 11.9 Å². The number of pyridine rings is 1.